The fourth-order valence-corrected chi connectivity index (χ4v) is 6.01. The average molecular weight is 512 g/mol. The van der Waals surface area contributed by atoms with Gasteiger partial charge in [0.25, 0.3) is 0 Å². The molecule has 33 heavy (non-hydrogen) atoms. The molecular formula is C25H55NO5P2. The van der Waals surface area contributed by atoms with Crippen molar-refractivity contribution in [3.63, 3.8) is 0 Å². The van der Waals surface area contributed by atoms with Crippen LogP contribution in [0.25, 0.3) is 0 Å². The van der Waals surface area contributed by atoms with Gasteiger partial charge in [-0.2, -0.15) is 0 Å². The van der Waals surface area contributed by atoms with Crippen LogP contribution in [0.4, 0.5) is 0 Å². The second-order valence-electron chi connectivity index (χ2n) is 8.80. The zero-order valence-corrected chi connectivity index (χ0v) is 24.5. The van der Waals surface area contributed by atoms with Crippen molar-refractivity contribution in [1.82, 2.24) is 0 Å². The standard InChI is InChI=1S/C25H55NO5P2/c1-7-13-27-23(28-14-8-2)19-32-17-11-25(21-26,31-22(5)6)12-18-33-20-24(29-15-9-3)30-16-10-4/h22-24,32-33H,7-21,26H2,1-6H3. The van der Waals surface area contributed by atoms with Crippen LogP contribution in [0.1, 0.15) is 80.1 Å². The van der Waals surface area contributed by atoms with Crippen LogP contribution in [0.3, 0.4) is 0 Å². The molecule has 200 valence electrons. The molecule has 0 aromatic rings. The summed E-state index contributed by atoms with van der Waals surface area (Å²) in [6.45, 7) is 16.3. The van der Waals surface area contributed by atoms with Crippen molar-refractivity contribution in [2.75, 3.05) is 57.6 Å². The maximum absolute atomic E-state index is 6.42. The number of rotatable bonds is 25. The van der Waals surface area contributed by atoms with Crippen molar-refractivity contribution < 1.29 is 23.7 Å². The zero-order valence-electron chi connectivity index (χ0n) is 22.5. The van der Waals surface area contributed by atoms with Gasteiger partial charge in [0.15, 0.2) is 12.6 Å². The largest absolute Gasteiger partial charge is 0.371 e. The molecule has 0 aliphatic rings. The Kier molecular flexibility index (Phi) is 23.5. The van der Waals surface area contributed by atoms with Crippen LogP contribution in [0.15, 0.2) is 0 Å². The Labute approximate surface area is 208 Å². The fraction of sp³-hybridized carbons (Fsp3) is 1.00. The fourth-order valence-electron chi connectivity index (χ4n) is 3.40. The van der Waals surface area contributed by atoms with E-state index in [4.69, 9.17) is 29.4 Å². The first-order chi connectivity index (χ1) is 16.0. The van der Waals surface area contributed by atoms with Gasteiger partial charge in [-0.25, -0.2) is 0 Å². The summed E-state index contributed by atoms with van der Waals surface area (Å²) in [7, 11) is 1.57. The molecule has 0 rings (SSSR count). The lowest BCUT2D eigenvalue weighted by atomic mass is 9.97. The van der Waals surface area contributed by atoms with Gasteiger partial charge in [0.1, 0.15) is 0 Å². The predicted octanol–water partition coefficient (Wildman–Crippen LogP) is 5.60. The van der Waals surface area contributed by atoms with Crippen molar-refractivity contribution in [2.45, 2.75) is 104 Å². The van der Waals surface area contributed by atoms with Gasteiger partial charge >= 0.3 is 0 Å². The molecule has 0 aliphatic heterocycles. The van der Waals surface area contributed by atoms with Crippen LogP contribution in [0.2, 0.25) is 0 Å². The lowest BCUT2D eigenvalue weighted by Crippen LogP contribution is -2.44. The maximum atomic E-state index is 6.42. The second-order valence-corrected chi connectivity index (χ2v) is 11.6. The minimum absolute atomic E-state index is 0.0776. The summed E-state index contributed by atoms with van der Waals surface area (Å²) < 4.78 is 29.9. The van der Waals surface area contributed by atoms with E-state index in [-0.39, 0.29) is 24.3 Å². The van der Waals surface area contributed by atoms with Crippen LogP contribution in [0, 0.1) is 0 Å². The van der Waals surface area contributed by atoms with Gasteiger partial charge in [0.05, 0.1) is 11.7 Å². The van der Waals surface area contributed by atoms with Crippen LogP contribution in [-0.2, 0) is 23.7 Å². The summed E-state index contributed by atoms with van der Waals surface area (Å²) in [4.78, 5) is 0. The lowest BCUT2D eigenvalue weighted by molar-refractivity contribution is -0.127. The molecular weight excluding hydrogens is 456 g/mol. The SMILES string of the molecule is CCCOC(CPCCC(CN)(CCPCC(OCCC)OCCC)OC(C)C)OCCC. The molecule has 0 fully saturated rings. The summed E-state index contributed by atoms with van der Waals surface area (Å²) in [6.07, 6.45) is 10.1. The van der Waals surface area contributed by atoms with Crippen molar-refractivity contribution in [1.29, 1.82) is 0 Å². The van der Waals surface area contributed by atoms with Crippen LogP contribution in [-0.4, -0.2) is 81.9 Å². The first-order valence-electron chi connectivity index (χ1n) is 13.2. The third-order valence-corrected chi connectivity index (χ3v) is 7.48. The van der Waals surface area contributed by atoms with E-state index in [1.54, 1.807) is 0 Å². The van der Waals surface area contributed by atoms with Gasteiger partial charge in [-0.3, -0.25) is 0 Å². The molecule has 2 N–H and O–H groups in total. The third kappa shape index (κ3) is 18.5. The third-order valence-electron chi connectivity index (χ3n) is 5.03. The molecule has 0 heterocycles. The van der Waals surface area contributed by atoms with Crippen molar-refractivity contribution in [2.24, 2.45) is 5.73 Å². The quantitative estimate of drug-likeness (QED) is 0.0977. The van der Waals surface area contributed by atoms with Gasteiger partial charge in [-0.05, 0) is 64.7 Å². The molecule has 0 saturated carbocycles. The van der Waals surface area contributed by atoms with Gasteiger partial charge in [0.2, 0.25) is 0 Å². The van der Waals surface area contributed by atoms with E-state index in [0.717, 1.165) is 107 Å². The average Bonchev–Trinajstić information content (AvgIpc) is 2.81. The molecule has 0 spiro atoms. The van der Waals surface area contributed by atoms with Crippen molar-refractivity contribution in [3.05, 3.63) is 0 Å². The minimum Gasteiger partial charge on any atom is -0.371 e. The number of nitrogens with two attached hydrogens (primary N) is 1. The topological polar surface area (TPSA) is 72.2 Å². The van der Waals surface area contributed by atoms with Crippen LogP contribution < -0.4 is 5.73 Å². The zero-order chi connectivity index (χ0) is 24.8. The Morgan fingerprint density at radius 1 is 0.667 bits per heavy atom. The van der Waals surface area contributed by atoms with E-state index >= 15 is 0 Å². The maximum Gasteiger partial charge on any atom is 0.161 e. The summed E-state index contributed by atoms with van der Waals surface area (Å²) >= 11 is 0. The Bertz CT molecular complexity index is 374. The van der Waals surface area contributed by atoms with Crippen molar-refractivity contribution in [3.8, 4) is 0 Å². The molecule has 2 unspecified atom stereocenters. The molecule has 8 heteroatoms. The monoisotopic (exact) mass is 511 g/mol. The van der Waals surface area contributed by atoms with Crippen molar-refractivity contribution >= 4 is 17.2 Å². The van der Waals surface area contributed by atoms with Gasteiger partial charge in [-0.1, -0.05) is 27.7 Å². The smallest absolute Gasteiger partial charge is 0.161 e. The minimum atomic E-state index is -0.248. The highest BCUT2D eigenvalue weighted by Crippen LogP contribution is 2.30. The molecule has 2 atom stereocenters. The van der Waals surface area contributed by atoms with Crippen LogP contribution in [0.5, 0.6) is 0 Å². The Morgan fingerprint density at radius 2 is 1.03 bits per heavy atom. The molecule has 6 nitrogen and oxygen atoms in total. The van der Waals surface area contributed by atoms with E-state index in [1.807, 2.05) is 0 Å². The normalized spacial score (nSPS) is 14.7. The summed E-state index contributed by atoms with van der Waals surface area (Å²) in [5.41, 5.74) is 6.04. The van der Waals surface area contributed by atoms with Crippen LogP contribution >= 0.6 is 17.2 Å². The summed E-state index contributed by atoms with van der Waals surface area (Å²) in [5, 5.41) is 0. The highest BCUT2D eigenvalue weighted by molar-refractivity contribution is 7.38. The van der Waals surface area contributed by atoms with E-state index < -0.39 is 0 Å². The molecule has 0 aliphatic carbocycles. The summed E-state index contributed by atoms with van der Waals surface area (Å²) in [5.74, 6) is 0. The van der Waals surface area contributed by atoms with Gasteiger partial charge < -0.3 is 29.4 Å². The second kappa shape index (κ2) is 23.0. The molecule has 0 saturated heterocycles. The molecule has 0 bridgehead atoms. The first-order valence-corrected chi connectivity index (χ1v) is 16.0. The van der Waals surface area contributed by atoms with Gasteiger partial charge in [-0.15, -0.1) is 17.2 Å². The predicted molar refractivity (Wildman–Crippen MR) is 146 cm³/mol. The molecule has 0 aromatic heterocycles. The van der Waals surface area contributed by atoms with E-state index in [0.29, 0.717) is 6.54 Å². The number of hydrogen-bond donors (Lipinski definition) is 1. The molecule has 0 amide bonds. The van der Waals surface area contributed by atoms with E-state index in [2.05, 4.69) is 41.5 Å². The highest BCUT2D eigenvalue weighted by atomic mass is 31.1. The molecule has 0 aromatic carbocycles. The number of hydrogen-bond acceptors (Lipinski definition) is 6. The Morgan fingerprint density at radius 3 is 1.30 bits per heavy atom. The lowest BCUT2D eigenvalue weighted by Gasteiger charge is -2.35. The number of ether oxygens (including phenoxy) is 5. The van der Waals surface area contributed by atoms with E-state index in [1.165, 1.54) is 0 Å². The molecule has 0 radical (unpaired) electrons. The van der Waals surface area contributed by atoms with Gasteiger partial charge in [0, 0.05) is 45.3 Å². The van der Waals surface area contributed by atoms with E-state index in [9.17, 15) is 0 Å². The summed E-state index contributed by atoms with van der Waals surface area (Å²) in [6, 6.07) is 0. The Balaban J connectivity index is 4.62. The highest BCUT2D eigenvalue weighted by Gasteiger charge is 2.30. The Hall–Kier alpha value is 0.620. The first kappa shape index (κ1) is 33.6.